The van der Waals surface area contributed by atoms with Crippen LogP contribution in [-0.2, 0) is 14.3 Å². The molecular weight excluding hydrogens is 148 g/mol. The molecule has 0 rings (SSSR count). The lowest BCUT2D eigenvalue weighted by Crippen LogP contribution is -2.33. The van der Waals surface area contributed by atoms with Gasteiger partial charge in [-0.25, -0.2) is 0 Å². The number of carbonyl (C=O) groups is 2. The molecule has 0 aliphatic rings. The van der Waals surface area contributed by atoms with Gasteiger partial charge in [-0.15, -0.1) is 0 Å². The molecule has 0 radical (unpaired) electrons. The number of ketones is 1. The van der Waals surface area contributed by atoms with Crippen molar-refractivity contribution in [2.75, 3.05) is 0 Å². The van der Waals surface area contributed by atoms with Gasteiger partial charge in [0.15, 0.2) is 5.78 Å². The Morgan fingerprint density at radius 2 is 1.82 bits per heavy atom. The van der Waals surface area contributed by atoms with E-state index in [0.717, 1.165) is 0 Å². The van der Waals surface area contributed by atoms with Crippen LogP contribution in [0.1, 0.15) is 20.8 Å². The molecule has 4 heteroatoms. The van der Waals surface area contributed by atoms with Gasteiger partial charge in [0, 0.05) is 6.92 Å². The largest absolute Gasteiger partial charge is 0.460 e. The van der Waals surface area contributed by atoms with E-state index in [1.54, 1.807) is 0 Å². The zero-order valence-corrected chi connectivity index (χ0v) is 6.83. The normalized spacial score (nSPS) is 15.3. The van der Waals surface area contributed by atoms with Crippen molar-refractivity contribution in [3.8, 4) is 0 Å². The summed E-state index contributed by atoms with van der Waals surface area (Å²) in [5.74, 6) is -0.906. The summed E-state index contributed by atoms with van der Waals surface area (Å²) < 4.78 is 4.56. The number of aliphatic hydroxyl groups excluding tert-OH is 1. The monoisotopic (exact) mass is 160 g/mol. The molecule has 4 nitrogen and oxygen atoms in total. The fourth-order valence-corrected chi connectivity index (χ4v) is 0.657. The van der Waals surface area contributed by atoms with Crippen molar-refractivity contribution in [2.24, 2.45) is 0 Å². The lowest BCUT2D eigenvalue weighted by atomic mass is 10.1. The van der Waals surface area contributed by atoms with Gasteiger partial charge in [0.25, 0.3) is 0 Å². The van der Waals surface area contributed by atoms with Crippen molar-refractivity contribution in [3.05, 3.63) is 0 Å². The van der Waals surface area contributed by atoms with Crippen LogP contribution in [0.5, 0.6) is 0 Å². The maximum atomic E-state index is 10.5. The zero-order chi connectivity index (χ0) is 9.02. The van der Waals surface area contributed by atoms with Crippen LogP contribution >= 0.6 is 0 Å². The maximum absolute atomic E-state index is 10.5. The van der Waals surface area contributed by atoms with Crippen molar-refractivity contribution < 1.29 is 19.4 Å². The lowest BCUT2D eigenvalue weighted by molar-refractivity contribution is -0.153. The van der Waals surface area contributed by atoms with E-state index in [2.05, 4.69) is 4.74 Å². The molecule has 0 spiro atoms. The number of hydrogen-bond donors (Lipinski definition) is 1. The zero-order valence-electron chi connectivity index (χ0n) is 6.83. The summed E-state index contributed by atoms with van der Waals surface area (Å²) in [4.78, 5) is 20.9. The van der Waals surface area contributed by atoms with Crippen molar-refractivity contribution in [1.29, 1.82) is 0 Å². The number of esters is 1. The Labute approximate surface area is 65.2 Å². The topological polar surface area (TPSA) is 63.6 Å². The molecule has 0 saturated carbocycles. The SMILES string of the molecule is CC(=O)OC(C)C(O)C(C)=O. The first-order valence-electron chi connectivity index (χ1n) is 3.31. The quantitative estimate of drug-likeness (QED) is 0.585. The van der Waals surface area contributed by atoms with E-state index in [0.29, 0.717) is 0 Å². The molecule has 0 aromatic carbocycles. The number of rotatable bonds is 3. The van der Waals surface area contributed by atoms with Crippen LogP contribution in [0.25, 0.3) is 0 Å². The van der Waals surface area contributed by atoms with Gasteiger partial charge in [0.2, 0.25) is 0 Å². The van der Waals surface area contributed by atoms with Gasteiger partial charge in [-0.05, 0) is 13.8 Å². The van der Waals surface area contributed by atoms with Gasteiger partial charge in [-0.1, -0.05) is 0 Å². The average Bonchev–Trinajstić information content (AvgIpc) is 1.84. The van der Waals surface area contributed by atoms with Crippen molar-refractivity contribution in [2.45, 2.75) is 33.0 Å². The van der Waals surface area contributed by atoms with Gasteiger partial charge in [0.05, 0.1) is 0 Å². The summed E-state index contributed by atoms with van der Waals surface area (Å²) in [7, 11) is 0. The van der Waals surface area contributed by atoms with Crippen LogP contribution in [0.4, 0.5) is 0 Å². The predicted molar refractivity (Wildman–Crippen MR) is 37.9 cm³/mol. The molecule has 0 aromatic heterocycles. The Morgan fingerprint density at radius 1 is 1.36 bits per heavy atom. The minimum Gasteiger partial charge on any atom is -0.460 e. The second kappa shape index (κ2) is 4.08. The third kappa shape index (κ3) is 3.72. The van der Waals surface area contributed by atoms with Gasteiger partial charge >= 0.3 is 5.97 Å². The van der Waals surface area contributed by atoms with Crippen LogP contribution in [0.2, 0.25) is 0 Å². The maximum Gasteiger partial charge on any atom is 0.302 e. The van der Waals surface area contributed by atoms with Crippen molar-refractivity contribution >= 4 is 11.8 Å². The Morgan fingerprint density at radius 3 is 2.09 bits per heavy atom. The highest BCUT2D eigenvalue weighted by Gasteiger charge is 2.20. The number of Topliss-reactive ketones (excluding diaryl/α,β-unsaturated/α-hetero) is 1. The highest BCUT2D eigenvalue weighted by Crippen LogP contribution is 1.99. The summed E-state index contributed by atoms with van der Waals surface area (Å²) in [6, 6.07) is 0. The summed E-state index contributed by atoms with van der Waals surface area (Å²) in [5.41, 5.74) is 0. The van der Waals surface area contributed by atoms with Gasteiger partial charge in [0.1, 0.15) is 12.2 Å². The molecule has 0 fully saturated rings. The molecule has 2 atom stereocenters. The molecule has 0 amide bonds. The molecule has 1 N–H and O–H groups in total. The van der Waals surface area contributed by atoms with Crippen LogP contribution in [-0.4, -0.2) is 29.1 Å². The number of hydrogen-bond acceptors (Lipinski definition) is 4. The predicted octanol–water partition coefficient (Wildman–Crippen LogP) is -0.112. The smallest absolute Gasteiger partial charge is 0.302 e. The minimum absolute atomic E-state index is 0.404. The fourth-order valence-electron chi connectivity index (χ4n) is 0.657. The van der Waals surface area contributed by atoms with Crippen LogP contribution < -0.4 is 0 Å². The molecule has 0 heterocycles. The van der Waals surface area contributed by atoms with Gasteiger partial charge in [-0.2, -0.15) is 0 Å². The molecule has 0 aliphatic heterocycles. The molecule has 64 valence electrons. The number of carbonyl (C=O) groups excluding carboxylic acids is 2. The molecule has 0 saturated heterocycles. The van der Waals surface area contributed by atoms with Crippen LogP contribution in [0.15, 0.2) is 0 Å². The highest BCUT2D eigenvalue weighted by atomic mass is 16.6. The highest BCUT2D eigenvalue weighted by molar-refractivity contribution is 5.81. The van der Waals surface area contributed by atoms with Crippen molar-refractivity contribution in [1.82, 2.24) is 0 Å². The summed E-state index contributed by atoms with van der Waals surface area (Å²) in [6.45, 7) is 3.93. The van der Waals surface area contributed by atoms with E-state index >= 15 is 0 Å². The van der Waals surface area contributed by atoms with E-state index in [1.165, 1.54) is 20.8 Å². The second-order valence-electron chi connectivity index (χ2n) is 2.37. The number of aliphatic hydroxyl groups is 1. The standard InChI is InChI=1S/C7H12O4/c1-4(8)7(10)5(2)11-6(3)9/h5,7,10H,1-3H3. The molecule has 0 aliphatic carbocycles. The Kier molecular flexibility index (Phi) is 3.74. The van der Waals surface area contributed by atoms with Crippen LogP contribution in [0, 0.1) is 0 Å². The third-order valence-electron chi connectivity index (χ3n) is 1.21. The van der Waals surface area contributed by atoms with E-state index in [1.807, 2.05) is 0 Å². The molecule has 11 heavy (non-hydrogen) atoms. The van der Waals surface area contributed by atoms with E-state index < -0.39 is 24.0 Å². The first-order valence-corrected chi connectivity index (χ1v) is 3.31. The third-order valence-corrected chi connectivity index (χ3v) is 1.21. The Balaban J connectivity index is 3.92. The van der Waals surface area contributed by atoms with Gasteiger partial charge in [-0.3, -0.25) is 9.59 Å². The minimum atomic E-state index is -1.21. The number of ether oxygens (including phenoxy) is 1. The second-order valence-corrected chi connectivity index (χ2v) is 2.37. The molecule has 2 unspecified atom stereocenters. The summed E-state index contributed by atoms with van der Waals surface area (Å²) >= 11 is 0. The molecule has 0 aromatic rings. The average molecular weight is 160 g/mol. The van der Waals surface area contributed by atoms with E-state index in [4.69, 9.17) is 5.11 Å². The first-order chi connectivity index (χ1) is 4.95. The van der Waals surface area contributed by atoms with E-state index in [9.17, 15) is 9.59 Å². The summed E-state index contributed by atoms with van der Waals surface area (Å²) in [6.07, 6.45) is -1.97. The molecular formula is C7H12O4. The summed E-state index contributed by atoms with van der Waals surface area (Å²) in [5, 5.41) is 9.02. The molecule has 0 bridgehead atoms. The van der Waals surface area contributed by atoms with E-state index in [-0.39, 0.29) is 0 Å². The Hall–Kier alpha value is -0.900. The first kappa shape index (κ1) is 10.1. The lowest BCUT2D eigenvalue weighted by Gasteiger charge is -2.15. The fraction of sp³-hybridized carbons (Fsp3) is 0.714. The van der Waals surface area contributed by atoms with Crippen molar-refractivity contribution in [3.63, 3.8) is 0 Å². The van der Waals surface area contributed by atoms with Crippen LogP contribution in [0.3, 0.4) is 0 Å². The van der Waals surface area contributed by atoms with Gasteiger partial charge < -0.3 is 9.84 Å². The Bertz CT molecular complexity index is 164.